The molecular weight excluding hydrogens is 287 g/mol. The maximum atomic E-state index is 13.5. The number of hydrogen-bond donors (Lipinski definition) is 3. The molecule has 0 radical (unpaired) electrons. The third-order valence-corrected chi connectivity index (χ3v) is 3.97. The summed E-state index contributed by atoms with van der Waals surface area (Å²) >= 11 is 0. The van der Waals surface area contributed by atoms with Gasteiger partial charge in [0.05, 0.1) is 11.8 Å². The Morgan fingerprint density at radius 3 is 2.73 bits per heavy atom. The zero-order valence-corrected chi connectivity index (χ0v) is 12.6. The molecule has 2 amide bonds. The fourth-order valence-electron chi connectivity index (χ4n) is 2.64. The van der Waals surface area contributed by atoms with Crippen molar-refractivity contribution in [2.75, 3.05) is 11.9 Å². The molecule has 2 rings (SSSR count). The number of anilines is 1. The number of aliphatic hydroxyl groups is 1. The van der Waals surface area contributed by atoms with Crippen molar-refractivity contribution >= 4 is 17.5 Å². The van der Waals surface area contributed by atoms with E-state index >= 15 is 0 Å². The third-order valence-electron chi connectivity index (χ3n) is 3.97. The summed E-state index contributed by atoms with van der Waals surface area (Å²) in [6.45, 7) is 2.02. The molecule has 120 valence electrons. The molecule has 0 aliphatic heterocycles. The van der Waals surface area contributed by atoms with Crippen molar-refractivity contribution in [3.8, 4) is 0 Å². The smallest absolute Gasteiger partial charge is 0.313 e. The van der Waals surface area contributed by atoms with Crippen LogP contribution < -0.4 is 10.6 Å². The van der Waals surface area contributed by atoms with Gasteiger partial charge in [0.25, 0.3) is 0 Å². The van der Waals surface area contributed by atoms with Crippen LogP contribution in [0.25, 0.3) is 0 Å². The van der Waals surface area contributed by atoms with Gasteiger partial charge in [-0.15, -0.1) is 0 Å². The number of aliphatic hydroxyl groups excluding tert-OH is 1. The zero-order valence-electron chi connectivity index (χ0n) is 12.6. The van der Waals surface area contributed by atoms with E-state index in [2.05, 4.69) is 10.6 Å². The van der Waals surface area contributed by atoms with E-state index in [9.17, 15) is 19.1 Å². The van der Waals surface area contributed by atoms with Crippen LogP contribution in [0, 0.1) is 18.7 Å². The quantitative estimate of drug-likeness (QED) is 0.744. The minimum absolute atomic E-state index is 0.0159. The van der Waals surface area contributed by atoms with Crippen molar-refractivity contribution in [3.05, 3.63) is 29.6 Å². The molecule has 3 N–H and O–H groups in total. The lowest BCUT2D eigenvalue weighted by Gasteiger charge is -2.27. The highest BCUT2D eigenvalue weighted by molar-refractivity contribution is 6.39. The molecule has 2 atom stereocenters. The van der Waals surface area contributed by atoms with Gasteiger partial charge in [-0.2, -0.15) is 0 Å². The van der Waals surface area contributed by atoms with Crippen LogP contribution in [0.4, 0.5) is 10.1 Å². The lowest BCUT2D eigenvalue weighted by molar-refractivity contribution is -0.136. The Labute approximate surface area is 128 Å². The molecule has 1 aliphatic carbocycles. The summed E-state index contributed by atoms with van der Waals surface area (Å²) in [5, 5.41) is 14.6. The molecule has 0 spiro atoms. The van der Waals surface area contributed by atoms with Crippen LogP contribution in [-0.2, 0) is 9.59 Å². The van der Waals surface area contributed by atoms with Crippen molar-refractivity contribution in [1.82, 2.24) is 5.32 Å². The van der Waals surface area contributed by atoms with Crippen LogP contribution in [-0.4, -0.2) is 29.6 Å². The van der Waals surface area contributed by atoms with Gasteiger partial charge in [-0.1, -0.05) is 18.9 Å². The fourth-order valence-corrected chi connectivity index (χ4v) is 2.64. The number of benzene rings is 1. The Balaban J connectivity index is 1.86. The van der Waals surface area contributed by atoms with Crippen molar-refractivity contribution in [3.63, 3.8) is 0 Å². The third kappa shape index (κ3) is 4.27. The predicted octanol–water partition coefficient (Wildman–Crippen LogP) is 1.74. The maximum Gasteiger partial charge on any atom is 0.313 e. The number of rotatable bonds is 3. The van der Waals surface area contributed by atoms with Crippen LogP contribution >= 0.6 is 0 Å². The summed E-state index contributed by atoms with van der Waals surface area (Å²) in [4.78, 5) is 23.5. The van der Waals surface area contributed by atoms with Crippen molar-refractivity contribution in [1.29, 1.82) is 0 Å². The number of halogens is 1. The van der Waals surface area contributed by atoms with Gasteiger partial charge >= 0.3 is 11.8 Å². The Kier molecular flexibility index (Phi) is 5.49. The van der Waals surface area contributed by atoms with Crippen LogP contribution in [0.1, 0.15) is 31.2 Å². The van der Waals surface area contributed by atoms with Crippen LogP contribution in [0.2, 0.25) is 0 Å². The summed E-state index contributed by atoms with van der Waals surface area (Å²) in [5.74, 6) is -2.34. The maximum absolute atomic E-state index is 13.5. The minimum atomic E-state index is -0.908. The fraction of sp³-hybridized carbons (Fsp3) is 0.500. The zero-order chi connectivity index (χ0) is 16.1. The predicted molar refractivity (Wildman–Crippen MR) is 80.7 cm³/mol. The molecule has 1 fully saturated rings. The van der Waals surface area contributed by atoms with Crippen LogP contribution in [0.3, 0.4) is 0 Å². The lowest BCUT2D eigenvalue weighted by atomic mass is 9.86. The standard InChI is InChI=1S/C16H21FN2O3/c1-10-6-7-12(17)13(8-10)19-16(22)15(21)18-9-11-4-2-3-5-14(11)20/h6-8,11,14,20H,2-5,9H2,1H3,(H,18,21)(H,19,22)/t11-,14-/m0/s1. The van der Waals surface area contributed by atoms with E-state index in [1.165, 1.54) is 12.1 Å². The second-order valence-electron chi connectivity index (χ2n) is 5.76. The summed E-state index contributed by atoms with van der Waals surface area (Å²) in [5.41, 5.74) is 0.764. The first-order chi connectivity index (χ1) is 10.5. The molecule has 1 aromatic rings. The van der Waals surface area contributed by atoms with E-state index in [-0.39, 0.29) is 18.2 Å². The van der Waals surface area contributed by atoms with Gasteiger partial charge in [0.1, 0.15) is 5.82 Å². The van der Waals surface area contributed by atoms with Gasteiger partial charge in [-0.3, -0.25) is 9.59 Å². The number of carbonyl (C=O) groups is 2. The average molecular weight is 308 g/mol. The van der Waals surface area contributed by atoms with Crippen molar-refractivity contribution in [2.24, 2.45) is 5.92 Å². The Bertz CT molecular complexity index is 562. The number of nitrogens with one attached hydrogen (secondary N) is 2. The first-order valence-corrected chi connectivity index (χ1v) is 7.51. The van der Waals surface area contributed by atoms with E-state index in [0.717, 1.165) is 31.2 Å². The Morgan fingerprint density at radius 1 is 1.27 bits per heavy atom. The molecule has 0 unspecified atom stereocenters. The monoisotopic (exact) mass is 308 g/mol. The molecule has 6 heteroatoms. The molecule has 1 saturated carbocycles. The van der Waals surface area contributed by atoms with Crippen LogP contribution in [0.5, 0.6) is 0 Å². The van der Waals surface area contributed by atoms with Gasteiger partial charge in [0.15, 0.2) is 0 Å². The SMILES string of the molecule is Cc1ccc(F)c(NC(=O)C(=O)NC[C@@H]2CCCC[C@@H]2O)c1. The van der Waals surface area contributed by atoms with Crippen molar-refractivity contribution in [2.45, 2.75) is 38.7 Å². The van der Waals surface area contributed by atoms with Crippen LogP contribution in [0.15, 0.2) is 18.2 Å². The number of amides is 2. The summed E-state index contributed by atoms with van der Waals surface area (Å²) in [6, 6.07) is 4.28. The highest BCUT2D eigenvalue weighted by Crippen LogP contribution is 2.23. The number of aryl methyl sites for hydroxylation is 1. The molecule has 0 aromatic heterocycles. The second-order valence-corrected chi connectivity index (χ2v) is 5.76. The molecule has 1 aliphatic rings. The Hall–Kier alpha value is -1.95. The molecular formula is C16H21FN2O3. The van der Waals surface area contributed by atoms with Gasteiger partial charge in [-0.25, -0.2) is 4.39 Å². The van der Waals surface area contributed by atoms with E-state index in [1.54, 1.807) is 13.0 Å². The van der Waals surface area contributed by atoms with E-state index in [4.69, 9.17) is 0 Å². The largest absolute Gasteiger partial charge is 0.393 e. The Morgan fingerprint density at radius 2 is 2.00 bits per heavy atom. The van der Waals surface area contributed by atoms with Gasteiger partial charge in [-0.05, 0) is 37.5 Å². The first kappa shape index (κ1) is 16.4. The molecule has 0 heterocycles. The highest BCUT2D eigenvalue weighted by atomic mass is 19.1. The van der Waals surface area contributed by atoms with Gasteiger partial charge in [0.2, 0.25) is 0 Å². The lowest BCUT2D eigenvalue weighted by Crippen LogP contribution is -2.41. The van der Waals surface area contributed by atoms with Gasteiger partial charge in [0, 0.05) is 12.5 Å². The molecule has 0 saturated heterocycles. The number of carbonyl (C=O) groups excluding carboxylic acids is 2. The highest BCUT2D eigenvalue weighted by Gasteiger charge is 2.24. The first-order valence-electron chi connectivity index (χ1n) is 7.51. The molecule has 1 aromatic carbocycles. The van der Waals surface area contributed by atoms with Crippen molar-refractivity contribution < 1.29 is 19.1 Å². The minimum Gasteiger partial charge on any atom is -0.393 e. The molecule has 5 nitrogen and oxygen atoms in total. The van der Waals surface area contributed by atoms with E-state index in [1.807, 2.05) is 0 Å². The topological polar surface area (TPSA) is 78.4 Å². The summed E-state index contributed by atoms with van der Waals surface area (Å²) < 4.78 is 13.5. The van der Waals surface area contributed by atoms with E-state index < -0.39 is 23.7 Å². The molecule has 22 heavy (non-hydrogen) atoms. The summed E-state index contributed by atoms with van der Waals surface area (Å²) in [7, 11) is 0. The van der Waals surface area contributed by atoms with E-state index in [0.29, 0.717) is 0 Å². The average Bonchev–Trinajstić information content (AvgIpc) is 2.49. The normalized spacial score (nSPS) is 21.2. The molecule has 0 bridgehead atoms. The van der Waals surface area contributed by atoms with Gasteiger partial charge < -0.3 is 15.7 Å². The second kappa shape index (κ2) is 7.35. The number of hydrogen-bond acceptors (Lipinski definition) is 3. The summed E-state index contributed by atoms with van der Waals surface area (Å²) in [6.07, 6.45) is 3.11.